The summed E-state index contributed by atoms with van der Waals surface area (Å²) in [6.07, 6.45) is 3.80. The molecule has 1 aliphatic carbocycles. The lowest BCUT2D eigenvalue weighted by Gasteiger charge is -2.30. The van der Waals surface area contributed by atoms with Crippen LogP contribution in [0.1, 0.15) is 25.7 Å². The van der Waals surface area contributed by atoms with E-state index >= 15 is 0 Å². The van der Waals surface area contributed by atoms with E-state index in [0.29, 0.717) is 5.69 Å². The van der Waals surface area contributed by atoms with Gasteiger partial charge in [-0.2, -0.15) is 0 Å². The SMILES string of the molecule is CN(C)S(=O)(=O)c1cccc(NC2(CO)CCCC2)c1N. The van der Waals surface area contributed by atoms with Gasteiger partial charge in [0.05, 0.1) is 23.5 Å². The average Bonchev–Trinajstić information content (AvgIpc) is 2.90. The normalized spacial score (nSPS) is 18.1. The van der Waals surface area contributed by atoms with E-state index in [4.69, 9.17) is 5.73 Å². The standard InChI is InChI=1S/C14H23N3O3S/c1-17(2)21(19,20)12-7-5-6-11(13(12)15)16-14(10-18)8-3-4-9-14/h5-7,16,18H,3-4,8-10,15H2,1-2H3. The molecule has 1 aromatic carbocycles. The van der Waals surface area contributed by atoms with Crippen molar-refractivity contribution in [3.05, 3.63) is 18.2 Å². The molecule has 0 unspecified atom stereocenters. The molecule has 7 heteroatoms. The van der Waals surface area contributed by atoms with Crippen molar-refractivity contribution >= 4 is 21.4 Å². The average molecular weight is 313 g/mol. The van der Waals surface area contributed by atoms with E-state index in [9.17, 15) is 13.5 Å². The minimum absolute atomic E-state index is 0.0110. The highest BCUT2D eigenvalue weighted by molar-refractivity contribution is 7.89. The van der Waals surface area contributed by atoms with Crippen molar-refractivity contribution in [2.45, 2.75) is 36.1 Å². The van der Waals surface area contributed by atoms with Crippen LogP contribution in [0.3, 0.4) is 0 Å². The van der Waals surface area contributed by atoms with Crippen LogP contribution in [-0.2, 0) is 10.0 Å². The van der Waals surface area contributed by atoms with E-state index in [-0.39, 0.29) is 17.2 Å². The summed E-state index contributed by atoms with van der Waals surface area (Å²) in [6, 6.07) is 4.91. The Labute approximate surface area is 126 Å². The molecule has 6 nitrogen and oxygen atoms in total. The predicted octanol–water partition coefficient (Wildman–Crippen LogP) is 1.24. The molecule has 0 bridgehead atoms. The van der Waals surface area contributed by atoms with Crippen LogP contribution in [0.5, 0.6) is 0 Å². The van der Waals surface area contributed by atoms with Gasteiger partial charge in [-0.3, -0.25) is 0 Å². The van der Waals surface area contributed by atoms with Crippen LogP contribution in [0.4, 0.5) is 11.4 Å². The number of benzene rings is 1. The molecule has 4 N–H and O–H groups in total. The van der Waals surface area contributed by atoms with Crippen molar-refractivity contribution in [3.8, 4) is 0 Å². The maximum Gasteiger partial charge on any atom is 0.244 e. The molecule has 0 saturated heterocycles. The van der Waals surface area contributed by atoms with Crippen LogP contribution in [0.2, 0.25) is 0 Å². The van der Waals surface area contributed by atoms with E-state index in [2.05, 4.69) is 5.32 Å². The van der Waals surface area contributed by atoms with Gasteiger partial charge < -0.3 is 16.2 Å². The second-order valence-electron chi connectivity index (χ2n) is 5.78. The summed E-state index contributed by atoms with van der Waals surface area (Å²) in [6.45, 7) is 0.0110. The van der Waals surface area contributed by atoms with Crippen LogP contribution < -0.4 is 11.1 Å². The summed E-state index contributed by atoms with van der Waals surface area (Å²) in [4.78, 5) is 0.0867. The van der Waals surface area contributed by atoms with Crippen molar-refractivity contribution in [2.24, 2.45) is 0 Å². The first-order valence-electron chi connectivity index (χ1n) is 7.02. The molecular weight excluding hydrogens is 290 g/mol. The third kappa shape index (κ3) is 3.00. The van der Waals surface area contributed by atoms with Gasteiger partial charge in [0.25, 0.3) is 0 Å². The van der Waals surface area contributed by atoms with Crippen LogP contribution in [0.25, 0.3) is 0 Å². The summed E-state index contributed by atoms with van der Waals surface area (Å²) >= 11 is 0. The number of nitrogens with two attached hydrogens (primary N) is 1. The minimum atomic E-state index is -3.58. The first-order chi connectivity index (χ1) is 9.82. The zero-order chi connectivity index (χ0) is 15.7. The van der Waals surface area contributed by atoms with Crippen molar-refractivity contribution in [1.82, 2.24) is 4.31 Å². The summed E-state index contributed by atoms with van der Waals surface area (Å²) in [5.41, 5.74) is 6.42. The first-order valence-corrected chi connectivity index (χ1v) is 8.46. The largest absolute Gasteiger partial charge is 0.396 e. The molecule has 21 heavy (non-hydrogen) atoms. The summed E-state index contributed by atoms with van der Waals surface area (Å²) in [7, 11) is -0.638. The Morgan fingerprint density at radius 2 is 1.95 bits per heavy atom. The molecule has 1 saturated carbocycles. The summed E-state index contributed by atoms with van der Waals surface area (Å²) in [5.74, 6) is 0. The van der Waals surface area contributed by atoms with E-state index < -0.39 is 15.6 Å². The second kappa shape index (κ2) is 5.82. The number of nitrogens with zero attached hydrogens (tertiary/aromatic N) is 1. The Hall–Kier alpha value is -1.31. The van der Waals surface area contributed by atoms with E-state index in [1.807, 2.05) is 0 Å². The highest BCUT2D eigenvalue weighted by Crippen LogP contribution is 2.36. The van der Waals surface area contributed by atoms with E-state index in [1.54, 1.807) is 12.1 Å². The lowest BCUT2D eigenvalue weighted by molar-refractivity contribution is 0.214. The molecule has 0 radical (unpaired) electrons. The lowest BCUT2D eigenvalue weighted by Crippen LogP contribution is -2.39. The van der Waals surface area contributed by atoms with Crippen LogP contribution >= 0.6 is 0 Å². The number of hydrogen-bond donors (Lipinski definition) is 3. The summed E-state index contributed by atoms with van der Waals surface area (Å²) < 4.78 is 25.7. The molecule has 0 aromatic heterocycles. The van der Waals surface area contributed by atoms with Crippen LogP contribution in [0.15, 0.2) is 23.1 Å². The monoisotopic (exact) mass is 313 g/mol. The third-order valence-electron chi connectivity index (χ3n) is 4.09. The summed E-state index contributed by atoms with van der Waals surface area (Å²) in [5, 5.41) is 12.9. The van der Waals surface area contributed by atoms with Gasteiger partial charge >= 0.3 is 0 Å². The van der Waals surface area contributed by atoms with E-state index in [1.165, 1.54) is 20.2 Å². The molecule has 0 spiro atoms. The molecule has 118 valence electrons. The highest BCUT2D eigenvalue weighted by Gasteiger charge is 2.34. The zero-order valence-corrected chi connectivity index (χ0v) is 13.3. The Bertz CT molecular complexity index is 608. The number of nitrogens with one attached hydrogen (secondary N) is 1. The third-order valence-corrected chi connectivity index (χ3v) is 5.96. The maximum atomic E-state index is 12.3. The molecule has 0 atom stereocenters. The number of para-hydroxylation sites is 1. The van der Waals surface area contributed by atoms with Gasteiger partial charge in [0.15, 0.2) is 0 Å². The minimum Gasteiger partial charge on any atom is -0.396 e. The van der Waals surface area contributed by atoms with E-state index in [0.717, 1.165) is 30.0 Å². The van der Waals surface area contributed by atoms with Crippen molar-refractivity contribution in [1.29, 1.82) is 0 Å². The molecule has 0 amide bonds. The zero-order valence-electron chi connectivity index (χ0n) is 12.5. The van der Waals surface area contributed by atoms with Gasteiger partial charge in [-0.15, -0.1) is 0 Å². The second-order valence-corrected chi connectivity index (χ2v) is 7.90. The number of rotatable bonds is 5. The predicted molar refractivity (Wildman–Crippen MR) is 83.6 cm³/mol. The van der Waals surface area contributed by atoms with Crippen molar-refractivity contribution < 1.29 is 13.5 Å². The van der Waals surface area contributed by atoms with Gasteiger partial charge in [-0.25, -0.2) is 12.7 Å². The number of hydrogen-bond acceptors (Lipinski definition) is 5. The van der Waals surface area contributed by atoms with Gasteiger partial charge in [-0.05, 0) is 25.0 Å². The highest BCUT2D eigenvalue weighted by atomic mass is 32.2. The number of sulfonamides is 1. The Balaban J connectivity index is 2.39. The Kier molecular flexibility index (Phi) is 4.46. The molecule has 0 aliphatic heterocycles. The fourth-order valence-electron chi connectivity index (χ4n) is 2.73. The molecule has 1 aliphatic rings. The fourth-order valence-corrected chi connectivity index (χ4v) is 3.77. The maximum absolute atomic E-state index is 12.3. The molecule has 2 rings (SSSR count). The molecule has 0 heterocycles. The smallest absolute Gasteiger partial charge is 0.244 e. The molecule has 1 fully saturated rings. The van der Waals surface area contributed by atoms with Gasteiger partial charge in [0.2, 0.25) is 10.0 Å². The Morgan fingerprint density at radius 1 is 1.33 bits per heavy atom. The number of nitrogen functional groups attached to an aromatic ring is 1. The van der Waals surface area contributed by atoms with Gasteiger partial charge in [0, 0.05) is 14.1 Å². The number of aliphatic hydroxyl groups is 1. The van der Waals surface area contributed by atoms with Crippen LogP contribution in [0, 0.1) is 0 Å². The number of anilines is 2. The van der Waals surface area contributed by atoms with Crippen LogP contribution in [-0.4, -0.2) is 44.1 Å². The van der Waals surface area contributed by atoms with Crippen molar-refractivity contribution in [2.75, 3.05) is 31.8 Å². The van der Waals surface area contributed by atoms with Gasteiger partial charge in [-0.1, -0.05) is 18.9 Å². The molecule has 1 aromatic rings. The lowest BCUT2D eigenvalue weighted by atomic mass is 9.98. The van der Waals surface area contributed by atoms with Gasteiger partial charge in [0.1, 0.15) is 4.90 Å². The topological polar surface area (TPSA) is 95.7 Å². The Morgan fingerprint density at radius 3 is 2.48 bits per heavy atom. The quantitative estimate of drug-likeness (QED) is 0.711. The number of aliphatic hydroxyl groups excluding tert-OH is 1. The fraction of sp³-hybridized carbons (Fsp3) is 0.571. The van der Waals surface area contributed by atoms with Crippen molar-refractivity contribution in [3.63, 3.8) is 0 Å². The molecular formula is C14H23N3O3S. The first kappa shape index (κ1) is 16.1.